The second-order valence-corrected chi connectivity index (χ2v) is 3.63. The van der Waals surface area contributed by atoms with Crippen LogP contribution in [-0.4, -0.2) is 17.7 Å². The number of hydrogen-bond acceptors (Lipinski definition) is 3. The molecule has 1 atom stereocenters. The number of nitrogens with two attached hydrogens (primary N) is 1. The van der Waals surface area contributed by atoms with E-state index in [1.807, 2.05) is 6.07 Å². The van der Waals surface area contributed by atoms with Gasteiger partial charge in [-0.3, -0.25) is 0 Å². The van der Waals surface area contributed by atoms with E-state index in [0.29, 0.717) is 5.15 Å². The molecule has 70 valence electrons. The van der Waals surface area contributed by atoms with Crippen LogP contribution in [-0.2, 0) is 0 Å². The molecule has 1 aliphatic rings. The monoisotopic (exact) mass is 197 g/mol. The predicted molar refractivity (Wildman–Crippen MR) is 53.8 cm³/mol. The van der Waals surface area contributed by atoms with Gasteiger partial charge in [0.15, 0.2) is 0 Å². The summed E-state index contributed by atoms with van der Waals surface area (Å²) in [7, 11) is 0. The molecule has 0 spiro atoms. The Kier molecular flexibility index (Phi) is 2.38. The van der Waals surface area contributed by atoms with Crippen molar-refractivity contribution in [2.24, 2.45) is 5.73 Å². The Hall–Kier alpha value is -0.800. The smallest absolute Gasteiger partial charge is 0.129 e. The second kappa shape index (κ2) is 3.52. The van der Waals surface area contributed by atoms with Crippen molar-refractivity contribution >= 4 is 17.3 Å². The van der Waals surface area contributed by atoms with E-state index in [2.05, 4.69) is 9.88 Å². The molecule has 1 saturated heterocycles. The van der Waals surface area contributed by atoms with E-state index >= 15 is 0 Å². The molecule has 0 saturated carbocycles. The lowest BCUT2D eigenvalue weighted by Crippen LogP contribution is -2.36. The van der Waals surface area contributed by atoms with Crippen molar-refractivity contribution in [3.05, 3.63) is 23.5 Å². The highest BCUT2D eigenvalue weighted by Crippen LogP contribution is 2.22. The Labute approximate surface area is 82.5 Å². The van der Waals surface area contributed by atoms with E-state index in [1.165, 1.54) is 0 Å². The zero-order valence-corrected chi connectivity index (χ0v) is 8.04. The van der Waals surface area contributed by atoms with Gasteiger partial charge >= 0.3 is 0 Å². The van der Waals surface area contributed by atoms with Crippen molar-refractivity contribution in [2.45, 2.75) is 19.0 Å². The first-order chi connectivity index (χ1) is 6.27. The first-order valence-electron chi connectivity index (χ1n) is 4.41. The van der Waals surface area contributed by atoms with Crippen LogP contribution in [0.4, 0.5) is 5.69 Å². The number of anilines is 1. The van der Waals surface area contributed by atoms with Gasteiger partial charge in [0.05, 0.1) is 18.1 Å². The summed E-state index contributed by atoms with van der Waals surface area (Å²) >= 11 is 5.69. The number of aromatic nitrogens is 1. The van der Waals surface area contributed by atoms with Crippen LogP contribution < -0.4 is 10.6 Å². The van der Waals surface area contributed by atoms with E-state index in [-0.39, 0.29) is 6.17 Å². The molecule has 0 bridgehead atoms. The summed E-state index contributed by atoms with van der Waals surface area (Å²) in [6, 6.07) is 3.75. The average molecular weight is 198 g/mol. The second-order valence-electron chi connectivity index (χ2n) is 3.24. The van der Waals surface area contributed by atoms with Crippen LogP contribution in [0.3, 0.4) is 0 Å². The predicted octanol–water partition coefficient (Wildman–Crippen LogP) is 1.62. The summed E-state index contributed by atoms with van der Waals surface area (Å²) in [4.78, 5) is 6.18. The normalized spacial score (nSPS) is 22.3. The van der Waals surface area contributed by atoms with Gasteiger partial charge in [-0.1, -0.05) is 11.6 Å². The summed E-state index contributed by atoms with van der Waals surface area (Å²) in [5.41, 5.74) is 6.98. The van der Waals surface area contributed by atoms with Crippen molar-refractivity contribution in [2.75, 3.05) is 11.4 Å². The third-order valence-electron chi connectivity index (χ3n) is 2.34. The van der Waals surface area contributed by atoms with Crippen LogP contribution >= 0.6 is 11.6 Å². The van der Waals surface area contributed by atoms with Crippen LogP contribution in [0, 0.1) is 0 Å². The minimum Gasteiger partial charge on any atom is -0.355 e. The van der Waals surface area contributed by atoms with Crippen LogP contribution in [0.2, 0.25) is 5.15 Å². The van der Waals surface area contributed by atoms with Gasteiger partial charge in [0.1, 0.15) is 5.15 Å². The lowest BCUT2D eigenvalue weighted by molar-refractivity contribution is 0.700. The van der Waals surface area contributed by atoms with Crippen LogP contribution in [0.1, 0.15) is 12.8 Å². The van der Waals surface area contributed by atoms with Gasteiger partial charge < -0.3 is 10.6 Å². The van der Waals surface area contributed by atoms with Gasteiger partial charge in [-0.2, -0.15) is 0 Å². The molecule has 2 rings (SSSR count). The maximum Gasteiger partial charge on any atom is 0.129 e. The summed E-state index contributed by atoms with van der Waals surface area (Å²) in [6.45, 7) is 1.02. The van der Waals surface area contributed by atoms with Crippen molar-refractivity contribution in [3.8, 4) is 0 Å². The third-order valence-corrected chi connectivity index (χ3v) is 2.57. The molecular weight excluding hydrogens is 186 g/mol. The molecular formula is C9H12ClN3. The number of rotatable bonds is 1. The Morgan fingerprint density at radius 3 is 2.92 bits per heavy atom. The molecule has 13 heavy (non-hydrogen) atoms. The minimum absolute atomic E-state index is 0.142. The zero-order valence-electron chi connectivity index (χ0n) is 7.28. The fourth-order valence-corrected chi connectivity index (χ4v) is 1.76. The molecule has 1 aliphatic heterocycles. The summed E-state index contributed by atoms with van der Waals surface area (Å²) in [5.74, 6) is 0. The Bertz CT molecular complexity index is 285. The number of hydrogen-bond donors (Lipinski definition) is 1. The fraction of sp³-hybridized carbons (Fsp3) is 0.444. The fourth-order valence-electron chi connectivity index (χ4n) is 1.65. The first-order valence-corrected chi connectivity index (χ1v) is 4.79. The van der Waals surface area contributed by atoms with E-state index in [4.69, 9.17) is 17.3 Å². The summed E-state index contributed by atoms with van der Waals surface area (Å²) < 4.78 is 0. The van der Waals surface area contributed by atoms with E-state index in [1.54, 1.807) is 12.3 Å². The zero-order chi connectivity index (χ0) is 9.26. The van der Waals surface area contributed by atoms with Gasteiger partial charge in [0.2, 0.25) is 0 Å². The highest BCUT2D eigenvalue weighted by atomic mass is 35.5. The minimum atomic E-state index is 0.142. The lowest BCUT2D eigenvalue weighted by Gasteiger charge is -2.22. The third kappa shape index (κ3) is 1.76. The quantitative estimate of drug-likeness (QED) is 0.696. The van der Waals surface area contributed by atoms with Gasteiger partial charge in [0, 0.05) is 6.54 Å². The van der Waals surface area contributed by atoms with Crippen molar-refractivity contribution in [1.82, 2.24) is 4.98 Å². The van der Waals surface area contributed by atoms with Crippen LogP contribution in [0.5, 0.6) is 0 Å². The molecule has 1 aromatic rings. The molecule has 0 aliphatic carbocycles. The molecule has 1 unspecified atom stereocenters. The van der Waals surface area contributed by atoms with E-state index in [9.17, 15) is 0 Å². The number of nitrogens with zero attached hydrogens (tertiary/aromatic N) is 2. The average Bonchev–Trinajstić information content (AvgIpc) is 2.53. The standard InChI is InChI=1S/C9H12ClN3/c10-8-4-3-7(6-12-8)13-5-1-2-9(13)11/h3-4,6,9H,1-2,5,11H2. The van der Waals surface area contributed by atoms with Crippen molar-refractivity contribution < 1.29 is 0 Å². The molecule has 0 radical (unpaired) electrons. The molecule has 1 aromatic heterocycles. The van der Waals surface area contributed by atoms with Gasteiger partial charge in [0.25, 0.3) is 0 Å². The van der Waals surface area contributed by atoms with Gasteiger partial charge in [-0.15, -0.1) is 0 Å². The topological polar surface area (TPSA) is 42.1 Å². The van der Waals surface area contributed by atoms with Gasteiger partial charge in [-0.25, -0.2) is 4.98 Å². The first kappa shape index (κ1) is 8.78. The van der Waals surface area contributed by atoms with Gasteiger partial charge in [-0.05, 0) is 25.0 Å². The maximum absolute atomic E-state index is 5.91. The SMILES string of the molecule is NC1CCCN1c1ccc(Cl)nc1. The van der Waals surface area contributed by atoms with Crippen LogP contribution in [0.25, 0.3) is 0 Å². The maximum atomic E-state index is 5.91. The molecule has 0 aromatic carbocycles. The number of pyridine rings is 1. The van der Waals surface area contributed by atoms with Crippen LogP contribution in [0.15, 0.2) is 18.3 Å². The Morgan fingerprint density at radius 2 is 2.38 bits per heavy atom. The molecule has 0 amide bonds. The molecule has 3 nitrogen and oxygen atoms in total. The molecule has 2 N–H and O–H groups in total. The molecule has 2 heterocycles. The molecule has 1 fully saturated rings. The van der Waals surface area contributed by atoms with E-state index in [0.717, 1.165) is 25.1 Å². The molecule has 4 heteroatoms. The summed E-state index contributed by atoms with van der Waals surface area (Å²) in [6.07, 6.45) is 4.13. The lowest BCUT2D eigenvalue weighted by atomic mass is 10.3. The Balaban J connectivity index is 2.20. The van der Waals surface area contributed by atoms with Crippen molar-refractivity contribution in [3.63, 3.8) is 0 Å². The largest absolute Gasteiger partial charge is 0.355 e. The Morgan fingerprint density at radius 1 is 1.54 bits per heavy atom. The number of halogens is 1. The summed E-state index contributed by atoms with van der Waals surface area (Å²) in [5, 5.41) is 0.525. The highest BCUT2D eigenvalue weighted by Gasteiger charge is 2.20. The highest BCUT2D eigenvalue weighted by molar-refractivity contribution is 6.29. The van der Waals surface area contributed by atoms with E-state index < -0.39 is 0 Å². The van der Waals surface area contributed by atoms with Crippen molar-refractivity contribution in [1.29, 1.82) is 0 Å².